The SMILES string of the molecule is CC(C)(C)OC(=O)N[C@H]1COCCC/C=C\[C@H]2C[C@@]2(C(=O)O)NC(=O)[C@@H]2C[C@@H](OC(=O)N3Cc4cccc(F)c4C3)CN2C1=O. The van der Waals surface area contributed by atoms with Gasteiger partial charge in [0.15, 0.2) is 0 Å². The number of hydrogen-bond donors (Lipinski definition) is 3. The van der Waals surface area contributed by atoms with Crippen LogP contribution in [-0.4, -0.2) is 94.0 Å². The average molecular weight is 631 g/mol. The van der Waals surface area contributed by atoms with Crippen LogP contribution in [0.4, 0.5) is 14.0 Å². The van der Waals surface area contributed by atoms with Gasteiger partial charge in [0.2, 0.25) is 11.8 Å². The Morgan fingerprint density at radius 2 is 1.98 bits per heavy atom. The number of aliphatic carboxylic acids is 1. The van der Waals surface area contributed by atoms with Crippen molar-refractivity contribution in [3.8, 4) is 0 Å². The molecule has 0 unspecified atom stereocenters. The van der Waals surface area contributed by atoms with Gasteiger partial charge >= 0.3 is 18.2 Å². The molecule has 14 heteroatoms. The number of ether oxygens (including phenoxy) is 3. The molecule has 1 aliphatic carbocycles. The molecule has 3 heterocycles. The van der Waals surface area contributed by atoms with Gasteiger partial charge in [0.05, 0.1) is 19.7 Å². The van der Waals surface area contributed by atoms with Gasteiger partial charge in [-0.2, -0.15) is 0 Å². The molecule has 1 saturated carbocycles. The zero-order valence-corrected chi connectivity index (χ0v) is 25.5. The lowest BCUT2D eigenvalue weighted by atomic mass is 10.1. The Labute approximate surface area is 260 Å². The minimum atomic E-state index is -1.52. The number of nitrogens with one attached hydrogen (secondary N) is 2. The molecule has 3 N–H and O–H groups in total. The summed E-state index contributed by atoms with van der Waals surface area (Å²) in [5.74, 6) is -3.45. The lowest BCUT2D eigenvalue weighted by Crippen LogP contribution is -2.57. The first-order valence-corrected chi connectivity index (χ1v) is 15.1. The van der Waals surface area contributed by atoms with Crippen molar-refractivity contribution in [2.24, 2.45) is 5.92 Å². The van der Waals surface area contributed by atoms with Crippen LogP contribution in [0.1, 0.15) is 57.6 Å². The van der Waals surface area contributed by atoms with Crippen molar-refractivity contribution in [1.29, 1.82) is 0 Å². The highest BCUT2D eigenvalue weighted by molar-refractivity contribution is 5.96. The number of fused-ring (bicyclic) bond motifs is 3. The van der Waals surface area contributed by atoms with Crippen molar-refractivity contribution in [1.82, 2.24) is 20.4 Å². The first kappa shape index (κ1) is 32.2. The standard InChI is InChI=1S/C31H39FN4O9/c1-30(2,3)45-28(41)33-23-17-43-11-6-4-5-9-19-13-31(19,27(39)40)34-25(37)24-12-20(15-36(24)26(23)38)44-29(42)35-14-18-8-7-10-22(32)21(18)16-35/h5,7-10,19-20,23-24H,4,6,11-17H2,1-3H3,(H,33,41)(H,34,37)(H,39,40)/b9-5-/t19-,20+,23-,24-,31+/m0/s1. The summed E-state index contributed by atoms with van der Waals surface area (Å²) in [6, 6.07) is 2.14. The van der Waals surface area contributed by atoms with Gasteiger partial charge in [-0.25, -0.2) is 18.8 Å². The molecule has 13 nitrogen and oxygen atoms in total. The number of carboxylic acid groups (broad SMARTS) is 1. The fourth-order valence-corrected chi connectivity index (χ4v) is 5.96. The van der Waals surface area contributed by atoms with Crippen molar-refractivity contribution in [3.63, 3.8) is 0 Å². The average Bonchev–Trinajstić information content (AvgIpc) is 3.27. The van der Waals surface area contributed by atoms with E-state index in [2.05, 4.69) is 10.6 Å². The predicted octanol–water partition coefficient (Wildman–Crippen LogP) is 2.47. The number of nitrogens with zero attached hydrogens (tertiary/aromatic N) is 2. The molecular weight excluding hydrogens is 591 g/mol. The quantitative estimate of drug-likeness (QED) is 0.426. The molecule has 244 valence electrons. The molecule has 45 heavy (non-hydrogen) atoms. The Morgan fingerprint density at radius 3 is 2.69 bits per heavy atom. The number of carboxylic acids is 1. The first-order chi connectivity index (χ1) is 21.3. The summed E-state index contributed by atoms with van der Waals surface area (Å²) in [6.45, 7) is 5.01. The zero-order chi connectivity index (χ0) is 32.5. The Kier molecular flexibility index (Phi) is 9.06. The molecule has 1 aromatic rings. The van der Waals surface area contributed by atoms with Crippen LogP contribution in [0.3, 0.4) is 0 Å². The fourth-order valence-electron chi connectivity index (χ4n) is 5.96. The number of carbonyl (C=O) groups excluding carboxylic acids is 4. The normalized spacial score (nSPS) is 29.2. The lowest BCUT2D eigenvalue weighted by molar-refractivity contribution is -0.146. The van der Waals surface area contributed by atoms with E-state index in [0.717, 1.165) is 0 Å². The van der Waals surface area contributed by atoms with Crippen LogP contribution in [0.15, 0.2) is 30.4 Å². The van der Waals surface area contributed by atoms with Crippen LogP contribution < -0.4 is 10.6 Å². The molecule has 4 aliphatic rings. The van der Waals surface area contributed by atoms with Crippen LogP contribution in [-0.2, 0) is 41.7 Å². The maximum Gasteiger partial charge on any atom is 0.410 e. The van der Waals surface area contributed by atoms with Gasteiger partial charge < -0.3 is 34.9 Å². The van der Waals surface area contributed by atoms with E-state index in [1.54, 1.807) is 39.0 Å². The summed E-state index contributed by atoms with van der Waals surface area (Å²) in [4.78, 5) is 68.2. The molecule has 5 rings (SSSR count). The summed E-state index contributed by atoms with van der Waals surface area (Å²) in [5, 5.41) is 15.2. The summed E-state index contributed by atoms with van der Waals surface area (Å²) in [7, 11) is 0. The number of benzene rings is 1. The van der Waals surface area contributed by atoms with E-state index in [9.17, 15) is 33.5 Å². The van der Waals surface area contributed by atoms with E-state index in [-0.39, 0.29) is 45.7 Å². The molecule has 0 spiro atoms. The second-order valence-electron chi connectivity index (χ2n) is 12.9. The third kappa shape index (κ3) is 7.21. The van der Waals surface area contributed by atoms with Crippen molar-refractivity contribution < 1.29 is 47.7 Å². The van der Waals surface area contributed by atoms with Crippen LogP contribution in [0.2, 0.25) is 0 Å². The maximum absolute atomic E-state index is 14.3. The van der Waals surface area contributed by atoms with Crippen LogP contribution in [0.5, 0.6) is 0 Å². The van der Waals surface area contributed by atoms with Gasteiger partial charge in [-0.15, -0.1) is 0 Å². The number of hydrogen-bond acceptors (Lipinski definition) is 8. The van der Waals surface area contributed by atoms with E-state index in [0.29, 0.717) is 24.0 Å². The third-order valence-electron chi connectivity index (χ3n) is 8.34. The van der Waals surface area contributed by atoms with Gasteiger partial charge in [-0.3, -0.25) is 14.5 Å². The summed E-state index contributed by atoms with van der Waals surface area (Å²) >= 11 is 0. The molecule has 3 aliphatic heterocycles. The van der Waals surface area contributed by atoms with E-state index >= 15 is 0 Å². The topological polar surface area (TPSA) is 164 Å². The largest absolute Gasteiger partial charge is 0.479 e. The first-order valence-electron chi connectivity index (χ1n) is 15.1. The number of amides is 4. The van der Waals surface area contributed by atoms with E-state index in [1.165, 1.54) is 15.9 Å². The van der Waals surface area contributed by atoms with Crippen LogP contribution in [0, 0.1) is 11.7 Å². The van der Waals surface area contributed by atoms with Gasteiger partial charge in [-0.1, -0.05) is 24.3 Å². The van der Waals surface area contributed by atoms with Crippen molar-refractivity contribution in [3.05, 3.63) is 47.3 Å². The second kappa shape index (κ2) is 12.7. The van der Waals surface area contributed by atoms with Crippen molar-refractivity contribution in [2.45, 2.75) is 88.9 Å². The zero-order valence-electron chi connectivity index (χ0n) is 25.5. The Morgan fingerprint density at radius 1 is 1.20 bits per heavy atom. The summed E-state index contributed by atoms with van der Waals surface area (Å²) < 4.78 is 31.1. The molecule has 0 bridgehead atoms. The minimum absolute atomic E-state index is 0.00930. The van der Waals surface area contributed by atoms with Gasteiger partial charge in [0, 0.05) is 31.1 Å². The number of carbonyl (C=O) groups is 5. The highest BCUT2D eigenvalue weighted by Gasteiger charge is 2.61. The molecule has 2 fully saturated rings. The number of alkyl carbamates (subject to hydrolysis) is 1. The minimum Gasteiger partial charge on any atom is -0.479 e. The molecule has 1 saturated heterocycles. The van der Waals surface area contributed by atoms with Gasteiger partial charge in [0.25, 0.3) is 0 Å². The van der Waals surface area contributed by atoms with Crippen molar-refractivity contribution >= 4 is 30.0 Å². The highest BCUT2D eigenvalue weighted by Crippen LogP contribution is 2.45. The number of rotatable bonds is 3. The third-order valence-corrected chi connectivity index (χ3v) is 8.34. The van der Waals surface area contributed by atoms with E-state index in [1.807, 2.05) is 6.08 Å². The molecule has 0 radical (unpaired) electrons. The highest BCUT2D eigenvalue weighted by atomic mass is 19.1. The number of allylic oxidation sites excluding steroid dienone is 1. The Bertz CT molecular complexity index is 1400. The Hall–Kier alpha value is -4.20. The molecule has 4 amide bonds. The number of halogens is 1. The molecule has 1 aromatic carbocycles. The monoisotopic (exact) mass is 630 g/mol. The molecule has 0 aromatic heterocycles. The lowest BCUT2D eigenvalue weighted by Gasteiger charge is -2.30. The molecular formula is C31H39FN4O9. The summed E-state index contributed by atoms with van der Waals surface area (Å²) in [5.41, 5.74) is -1.32. The second-order valence-corrected chi connectivity index (χ2v) is 12.9. The van der Waals surface area contributed by atoms with Crippen LogP contribution >= 0.6 is 0 Å². The Balaban J connectivity index is 1.37. The predicted molar refractivity (Wildman–Crippen MR) is 155 cm³/mol. The van der Waals surface area contributed by atoms with E-state index < -0.39 is 71.0 Å². The van der Waals surface area contributed by atoms with Crippen molar-refractivity contribution in [2.75, 3.05) is 19.8 Å². The molecule has 5 atom stereocenters. The summed E-state index contributed by atoms with van der Waals surface area (Å²) in [6.07, 6.45) is 2.30. The van der Waals surface area contributed by atoms with Gasteiger partial charge in [0.1, 0.15) is 35.1 Å². The van der Waals surface area contributed by atoms with E-state index in [4.69, 9.17) is 14.2 Å². The van der Waals surface area contributed by atoms with Crippen LogP contribution in [0.25, 0.3) is 0 Å². The maximum atomic E-state index is 14.3. The fraction of sp³-hybridized carbons (Fsp3) is 0.581. The van der Waals surface area contributed by atoms with Gasteiger partial charge in [-0.05, 0) is 51.7 Å². The smallest absolute Gasteiger partial charge is 0.410 e.